The van der Waals surface area contributed by atoms with E-state index in [9.17, 15) is 29.6 Å². The normalized spacial score (nSPS) is 10.5. The second-order valence-corrected chi connectivity index (χ2v) is 6.73. The molecule has 11 heteroatoms. The van der Waals surface area contributed by atoms with Gasteiger partial charge in [-0.2, -0.15) is 0 Å². The number of aromatic hydroxyl groups is 1. The Kier molecular flexibility index (Phi) is 6.03. The van der Waals surface area contributed by atoms with Crippen molar-refractivity contribution >= 4 is 23.5 Å². The number of nitrogens with zero attached hydrogens (tertiary/aromatic N) is 1. The third-order valence-electron chi connectivity index (χ3n) is 4.77. The molecule has 32 heavy (non-hydrogen) atoms. The molecule has 1 heterocycles. The molecule has 0 spiro atoms. The van der Waals surface area contributed by atoms with Crippen molar-refractivity contribution in [3.05, 3.63) is 80.8 Å². The van der Waals surface area contributed by atoms with Crippen LogP contribution in [0, 0.1) is 24.0 Å². The molecule has 0 fully saturated rings. The summed E-state index contributed by atoms with van der Waals surface area (Å²) in [5, 5.41) is 21.0. The number of nitro benzene ring substituents is 1. The zero-order valence-electron chi connectivity index (χ0n) is 16.9. The zero-order chi connectivity index (χ0) is 23.6. The van der Waals surface area contributed by atoms with E-state index in [1.54, 1.807) is 11.5 Å². The lowest BCUT2D eigenvalue weighted by atomic mass is 10.0. The van der Waals surface area contributed by atoms with Crippen LogP contribution >= 0.6 is 0 Å². The number of nitrogens with two attached hydrogens (primary N) is 1. The molecule has 0 unspecified atom stereocenters. The number of hydrazine groups is 1. The molecule has 0 saturated heterocycles. The number of esters is 2. The standard InChI is InChI=1S/C21H17N3O8/c1-10-3-4-12(9-11(10)2)13-7-8-31-18(13)21(28)32-20(27)14-5-6-15(25)17(24(29)30)16(14)19(26)23-22/h3-9,25H,22H2,1-2H3,(H,23,26). The minimum Gasteiger partial charge on any atom is -0.502 e. The molecule has 4 N–H and O–H groups in total. The maximum Gasteiger partial charge on any atom is 0.382 e. The highest BCUT2D eigenvalue weighted by molar-refractivity contribution is 6.12. The van der Waals surface area contributed by atoms with Crippen molar-refractivity contribution in [1.29, 1.82) is 0 Å². The number of carbonyl (C=O) groups excluding carboxylic acids is 3. The number of hydrogen-bond acceptors (Lipinski definition) is 9. The van der Waals surface area contributed by atoms with E-state index in [1.165, 1.54) is 12.3 Å². The van der Waals surface area contributed by atoms with Gasteiger partial charge in [-0.25, -0.2) is 15.4 Å². The van der Waals surface area contributed by atoms with Gasteiger partial charge < -0.3 is 14.3 Å². The van der Waals surface area contributed by atoms with Crippen LogP contribution in [0.4, 0.5) is 5.69 Å². The molecule has 0 bridgehead atoms. The fourth-order valence-electron chi connectivity index (χ4n) is 3.03. The lowest BCUT2D eigenvalue weighted by Crippen LogP contribution is -2.32. The molecule has 0 aliphatic carbocycles. The smallest absolute Gasteiger partial charge is 0.382 e. The number of benzene rings is 2. The van der Waals surface area contributed by atoms with Gasteiger partial charge in [-0.3, -0.25) is 20.3 Å². The molecule has 1 aromatic heterocycles. The zero-order valence-corrected chi connectivity index (χ0v) is 16.9. The van der Waals surface area contributed by atoms with Gasteiger partial charge in [0, 0.05) is 5.56 Å². The highest BCUT2D eigenvalue weighted by Crippen LogP contribution is 2.33. The molecule has 3 aromatic rings. The van der Waals surface area contributed by atoms with Crippen molar-refractivity contribution in [1.82, 2.24) is 5.43 Å². The summed E-state index contributed by atoms with van der Waals surface area (Å²) in [6, 6.07) is 8.68. The highest BCUT2D eigenvalue weighted by atomic mass is 16.6. The number of nitrogens with one attached hydrogen (secondary N) is 1. The second kappa shape index (κ2) is 8.70. The van der Waals surface area contributed by atoms with E-state index in [0.717, 1.165) is 23.3 Å². The minimum atomic E-state index is -1.38. The van der Waals surface area contributed by atoms with Gasteiger partial charge >= 0.3 is 17.6 Å². The van der Waals surface area contributed by atoms with Gasteiger partial charge in [0.05, 0.1) is 16.7 Å². The Morgan fingerprint density at radius 1 is 1.09 bits per heavy atom. The van der Waals surface area contributed by atoms with Gasteiger partial charge in [-0.15, -0.1) is 0 Å². The fourth-order valence-corrected chi connectivity index (χ4v) is 3.03. The second-order valence-electron chi connectivity index (χ2n) is 6.73. The van der Waals surface area contributed by atoms with Gasteiger partial charge in [-0.05, 0) is 48.7 Å². The number of rotatable bonds is 5. The van der Waals surface area contributed by atoms with Crippen LogP contribution in [0.2, 0.25) is 0 Å². The predicted octanol–water partition coefficient (Wildman–Crippen LogP) is 2.78. The number of aryl methyl sites for hydroxylation is 2. The summed E-state index contributed by atoms with van der Waals surface area (Å²) in [6.45, 7) is 3.82. The number of hydrogen-bond donors (Lipinski definition) is 3. The predicted molar refractivity (Wildman–Crippen MR) is 110 cm³/mol. The van der Waals surface area contributed by atoms with E-state index in [1.807, 2.05) is 26.0 Å². The van der Waals surface area contributed by atoms with E-state index in [-0.39, 0.29) is 5.76 Å². The van der Waals surface area contributed by atoms with E-state index in [4.69, 9.17) is 15.0 Å². The summed E-state index contributed by atoms with van der Waals surface area (Å²) in [6.07, 6.45) is 1.24. The van der Waals surface area contributed by atoms with Gasteiger partial charge in [0.25, 0.3) is 5.91 Å². The van der Waals surface area contributed by atoms with Crippen molar-refractivity contribution in [2.24, 2.45) is 5.84 Å². The first-order valence-electron chi connectivity index (χ1n) is 9.08. The fraction of sp³-hybridized carbons (Fsp3) is 0.0952. The number of amides is 1. The van der Waals surface area contributed by atoms with Crippen molar-refractivity contribution in [2.75, 3.05) is 0 Å². The first kappa shape index (κ1) is 22.2. The van der Waals surface area contributed by atoms with Crippen LogP contribution in [-0.2, 0) is 4.74 Å². The number of ether oxygens (including phenoxy) is 1. The Bertz CT molecular complexity index is 1260. The first-order chi connectivity index (χ1) is 15.1. The maximum atomic E-state index is 12.6. The summed E-state index contributed by atoms with van der Waals surface area (Å²) in [7, 11) is 0. The first-order valence-corrected chi connectivity index (χ1v) is 9.08. The van der Waals surface area contributed by atoms with Crippen LogP contribution in [-0.4, -0.2) is 27.9 Å². The number of furan rings is 1. The molecule has 164 valence electrons. The Labute approximate surface area is 180 Å². The van der Waals surface area contributed by atoms with Crippen LogP contribution in [0.5, 0.6) is 5.75 Å². The number of nitro groups is 1. The SMILES string of the molecule is Cc1ccc(-c2ccoc2C(=O)OC(=O)c2ccc(O)c([N+](=O)[O-])c2C(=O)NN)cc1C. The van der Waals surface area contributed by atoms with Gasteiger partial charge in [0.15, 0.2) is 5.75 Å². The molecular formula is C21H17N3O8. The van der Waals surface area contributed by atoms with E-state index in [0.29, 0.717) is 11.1 Å². The van der Waals surface area contributed by atoms with Crippen LogP contribution in [0.1, 0.15) is 42.4 Å². The molecule has 0 aliphatic rings. The van der Waals surface area contributed by atoms with Crippen molar-refractivity contribution in [3.8, 4) is 16.9 Å². The quantitative estimate of drug-likeness (QED) is 0.135. The molecular weight excluding hydrogens is 422 g/mol. The van der Waals surface area contributed by atoms with Crippen LogP contribution in [0.15, 0.2) is 47.1 Å². The molecule has 0 radical (unpaired) electrons. The van der Waals surface area contributed by atoms with E-state index < -0.39 is 45.3 Å². The van der Waals surface area contributed by atoms with Crippen LogP contribution in [0.25, 0.3) is 11.1 Å². The molecule has 1 amide bonds. The number of carbonyl (C=O) groups is 3. The molecule has 0 aliphatic heterocycles. The summed E-state index contributed by atoms with van der Waals surface area (Å²) in [5.74, 6) is 0.0975. The summed E-state index contributed by atoms with van der Waals surface area (Å²) in [5.41, 5.74) is 2.09. The van der Waals surface area contributed by atoms with Crippen LogP contribution in [0.3, 0.4) is 0 Å². The van der Waals surface area contributed by atoms with E-state index in [2.05, 4.69) is 0 Å². The molecule has 3 rings (SSSR count). The van der Waals surface area contributed by atoms with Crippen molar-refractivity contribution in [2.45, 2.75) is 13.8 Å². The Hall–Kier alpha value is -4.51. The Morgan fingerprint density at radius 2 is 1.81 bits per heavy atom. The molecule has 11 nitrogen and oxygen atoms in total. The van der Waals surface area contributed by atoms with Crippen molar-refractivity contribution < 1.29 is 33.6 Å². The highest BCUT2D eigenvalue weighted by Gasteiger charge is 2.33. The average Bonchev–Trinajstić information content (AvgIpc) is 3.24. The monoisotopic (exact) mass is 439 g/mol. The molecule has 0 atom stereocenters. The van der Waals surface area contributed by atoms with Crippen LogP contribution < -0.4 is 11.3 Å². The number of nitrogen functional groups attached to an aromatic ring is 1. The maximum absolute atomic E-state index is 12.6. The number of phenolic OH excluding ortho intramolecular Hbond substituents is 1. The summed E-state index contributed by atoms with van der Waals surface area (Å²) < 4.78 is 10.0. The van der Waals surface area contributed by atoms with Gasteiger partial charge in [0.1, 0.15) is 5.56 Å². The third-order valence-corrected chi connectivity index (χ3v) is 4.77. The third kappa shape index (κ3) is 4.04. The van der Waals surface area contributed by atoms with Gasteiger partial charge in [0.2, 0.25) is 5.76 Å². The molecule has 2 aromatic carbocycles. The lowest BCUT2D eigenvalue weighted by Gasteiger charge is -2.09. The summed E-state index contributed by atoms with van der Waals surface area (Å²) >= 11 is 0. The van der Waals surface area contributed by atoms with Gasteiger partial charge in [-0.1, -0.05) is 18.2 Å². The van der Waals surface area contributed by atoms with E-state index >= 15 is 0 Å². The largest absolute Gasteiger partial charge is 0.502 e. The minimum absolute atomic E-state index is 0.278. The average molecular weight is 439 g/mol. The summed E-state index contributed by atoms with van der Waals surface area (Å²) in [4.78, 5) is 47.5. The topological polar surface area (TPSA) is 175 Å². The Balaban J connectivity index is 1.98. The Morgan fingerprint density at radius 3 is 2.44 bits per heavy atom. The van der Waals surface area contributed by atoms with Crippen molar-refractivity contribution in [3.63, 3.8) is 0 Å². The lowest BCUT2D eigenvalue weighted by molar-refractivity contribution is -0.386. The number of phenols is 1. The molecule has 0 saturated carbocycles.